The molecule has 4 nitrogen and oxygen atoms in total. The lowest BCUT2D eigenvalue weighted by Gasteiger charge is -2.35. The van der Waals surface area contributed by atoms with Gasteiger partial charge in [0.05, 0.1) is 13.2 Å². The number of hydrogen-bond donors (Lipinski definition) is 0. The Morgan fingerprint density at radius 1 is 1.08 bits per heavy atom. The number of aryl methyl sites for hydroxylation is 1. The zero-order valence-electron chi connectivity index (χ0n) is 15.2. The first-order valence-electron chi connectivity index (χ1n) is 9.20. The number of rotatable bonds is 6. The molecule has 0 bridgehead atoms. The van der Waals surface area contributed by atoms with Crippen molar-refractivity contribution in [2.24, 2.45) is 0 Å². The molecule has 1 heterocycles. The molecule has 0 aromatic heterocycles. The maximum Gasteiger partial charge on any atom is 0.290 e. The van der Waals surface area contributed by atoms with E-state index in [4.69, 9.17) is 4.74 Å². The summed E-state index contributed by atoms with van der Waals surface area (Å²) < 4.78 is 5.31. The fraction of sp³-hybridized carbons (Fsp3) is 0.364. The molecule has 0 aliphatic carbocycles. The molecule has 0 unspecified atom stereocenters. The minimum Gasteiger partial charge on any atom is -0.497 e. The van der Waals surface area contributed by atoms with Crippen molar-refractivity contribution in [3.05, 3.63) is 65.7 Å². The Morgan fingerprint density at radius 2 is 1.88 bits per heavy atom. The van der Waals surface area contributed by atoms with Crippen molar-refractivity contribution < 1.29 is 14.3 Å². The first-order chi connectivity index (χ1) is 12.7. The topological polar surface area (TPSA) is 46.6 Å². The number of hydrogen-bond acceptors (Lipinski definition) is 3. The number of methoxy groups -OCH3 is 1. The third-order valence-corrected chi connectivity index (χ3v) is 4.96. The van der Waals surface area contributed by atoms with Crippen LogP contribution >= 0.6 is 0 Å². The normalized spacial score (nSPS) is 17.0. The SMILES string of the molecule is COc1cccc([C@H]2CCCCN2C(=O)C(=O)CCc2ccccc2)c1. The molecule has 0 spiro atoms. The molecule has 1 fully saturated rings. The van der Waals surface area contributed by atoms with Gasteiger partial charge in [-0.2, -0.15) is 0 Å². The van der Waals surface area contributed by atoms with Gasteiger partial charge in [-0.25, -0.2) is 0 Å². The highest BCUT2D eigenvalue weighted by molar-refractivity contribution is 6.36. The van der Waals surface area contributed by atoms with Gasteiger partial charge in [0.1, 0.15) is 5.75 Å². The van der Waals surface area contributed by atoms with Gasteiger partial charge in [-0.3, -0.25) is 9.59 Å². The van der Waals surface area contributed by atoms with Crippen LogP contribution in [0.1, 0.15) is 42.9 Å². The summed E-state index contributed by atoms with van der Waals surface area (Å²) >= 11 is 0. The van der Waals surface area contributed by atoms with E-state index in [1.807, 2.05) is 54.6 Å². The quantitative estimate of drug-likeness (QED) is 0.740. The summed E-state index contributed by atoms with van der Waals surface area (Å²) in [4.78, 5) is 27.1. The third-order valence-electron chi connectivity index (χ3n) is 4.96. The molecule has 0 radical (unpaired) electrons. The average Bonchev–Trinajstić information content (AvgIpc) is 2.72. The van der Waals surface area contributed by atoms with E-state index in [0.717, 1.165) is 36.1 Å². The summed E-state index contributed by atoms with van der Waals surface area (Å²) in [5.74, 6) is 0.118. The maximum absolute atomic E-state index is 12.8. The molecule has 4 heteroatoms. The van der Waals surface area contributed by atoms with E-state index < -0.39 is 0 Å². The molecular formula is C22H25NO3. The molecule has 3 rings (SSSR count). The molecular weight excluding hydrogens is 326 g/mol. The molecule has 0 N–H and O–H groups in total. The number of nitrogens with zero attached hydrogens (tertiary/aromatic N) is 1. The van der Waals surface area contributed by atoms with Gasteiger partial charge in [0.2, 0.25) is 5.78 Å². The van der Waals surface area contributed by atoms with Crippen LogP contribution in [0.15, 0.2) is 54.6 Å². The van der Waals surface area contributed by atoms with Crippen LogP contribution in [0.5, 0.6) is 5.75 Å². The average molecular weight is 351 g/mol. The largest absolute Gasteiger partial charge is 0.497 e. The molecule has 2 aromatic rings. The number of piperidine rings is 1. The van der Waals surface area contributed by atoms with Crippen molar-refractivity contribution in [1.29, 1.82) is 0 Å². The van der Waals surface area contributed by atoms with Gasteiger partial charge in [-0.1, -0.05) is 42.5 Å². The van der Waals surface area contributed by atoms with Gasteiger partial charge in [-0.05, 0) is 48.9 Å². The van der Waals surface area contributed by atoms with Gasteiger partial charge < -0.3 is 9.64 Å². The van der Waals surface area contributed by atoms with Crippen LogP contribution in [0, 0.1) is 0 Å². The molecule has 1 aliphatic rings. The molecule has 136 valence electrons. The maximum atomic E-state index is 12.8. The Bertz CT molecular complexity index is 757. The third kappa shape index (κ3) is 4.31. The van der Waals surface area contributed by atoms with E-state index in [-0.39, 0.29) is 24.2 Å². The van der Waals surface area contributed by atoms with E-state index in [1.54, 1.807) is 12.0 Å². The standard InChI is InChI=1S/C22H25NO3/c1-26-19-11-7-10-18(16-19)20-12-5-6-15-23(20)22(25)21(24)14-13-17-8-3-2-4-9-17/h2-4,7-11,16,20H,5-6,12-15H2,1H3/t20-/m1/s1. The van der Waals surface area contributed by atoms with Crippen molar-refractivity contribution in [1.82, 2.24) is 4.90 Å². The van der Waals surface area contributed by atoms with E-state index >= 15 is 0 Å². The number of benzene rings is 2. The van der Waals surface area contributed by atoms with E-state index in [2.05, 4.69) is 0 Å². The van der Waals surface area contributed by atoms with Gasteiger partial charge in [-0.15, -0.1) is 0 Å². The number of amides is 1. The van der Waals surface area contributed by atoms with Gasteiger partial charge in [0.25, 0.3) is 5.91 Å². The summed E-state index contributed by atoms with van der Waals surface area (Å²) in [6.45, 7) is 0.637. The second-order valence-corrected chi connectivity index (χ2v) is 6.70. The summed E-state index contributed by atoms with van der Waals surface area (Å²) in [6.07, 6.45) is 3.74. The number of ether oxygens (including phenoxy) is 1. The van der Waals surface area contributed by atoms with Crippen molar-refractivity contribution >= 4 is 11.7 Å². The number of carbonyl (C=O) groups is 2. The number of Topliss-reactive ketones (excluding diaryl/α,β-unsaturated/α-hetero) is 1. The minimum absolute atomic E-state index is 0.0491. The Kier molecular flexibility index (Phi) is 6.05. The monoisotopic (exact) mass is 351 g/mol. The van der Waals surface area contributed by atoms with Gasteiger partial charge in [0.15, 0.2) is 0 Å². The van der Waals surface area contributed by atoms with Crippen LogP contribution in [0.25, 0.3) is 0 Å². The highest BCUT2D eigenvalue weighted by Crippen LogP contribution is 2.32. The smallest absolute Gasteiger partial charge is 0.290 e. The molecule has 1 saturated heterocycles. The fourth-order valence-corrected chi connectivity index (χ4v) is 3.54. The lowest BCUT2D eigenvalue weighted by molar-refractivity contribution is -0.147. The van der Waals surface area contributed by atoms with Crippen LogP contribution in [-0.2, 0) is 16.0 Å². The predicted molar refractivity (Wildman–Crippen MR) is 101 cm³/mol. The molecule has 1 amide bonds. The summed E-state index contributed by atoms with van der Waals surface area (Å²) in [6, 6.07) is 17.6. The van der Waals surface area contributed by atoms with E-state index in [1.165, 1.54) is 0 Å². The Balaban J connectivity index is 1.70. The zero-order valence-corrected chi connectivity index (χ0v) is 15.2. The summed E-state index contributed by atoms with van der Waals surface area (Å²) in [5, 5.41) is 0. The lowest BCUT2D eigenvalue weighted by Crippen LogP contribution is -2.42. The second kappa shape index (κ2) is 8.65. The molecule has 26 heavy (non-hydrogen) atoms. The first kappa shape index (κ1) is 18.2. The van der Waals surface area contributed by atoms with Crippen LogP contribution in [0.4, 0.5) is 0 Å². The van der Waals surface area contributed by atoms with Crippen molar-refractivity contribution in [3.63, 3.8) is 0 Å². The number of likely N-dealkylation sites (tertiary alicyclic amines) is 1. The first-order valence-corrected chi connectivity index (χ1v) is 9.20. The van der Waals surface area contributed by atoms with Crippen LogP contribution in [0.2, 0.25) is 0 Å². The Labute approximate surface area is 154 Å². The highest BCUT2D eigenvalue weighted by atomic mass is 16.5. The molecule has 2 aromatic carbocycles. The van der Waals surface area contributed by atoms with Crippen molar-refractivity contribution in [2.45, 2.75) is 38.1 Å². The van der Waals surface area contributed by atoms with E-state index in [0.29, 0.717) is 13.0 Å². The lowest BCUT2D eigenvalue weighted by atomic mass is 9.94. The number of carbonyl (C=O) groups excluding carboxylic acids is 2. The van der Waals surface area contributed by atoms with E-state index in [9.17, 15) is 9.59 Å². The van der Waals surface area contributed by atoms with Crippen LogP contribution in [-0.4, -0.2) is 30.2 Å². The fourth-order valence-electron chi connectivity index (χ4n) is 3.54. The second-order valence-electron chi connectivity index (χ2n) is 6.70. The highest BCUT2D eigenvalue weighted by Gasteiger charge is 2.31. The minimum atomic E-state index is -0.353. The van der Waals surface area contributed by atoms with Crippen LogP contribution < -0.4 is 4.74 Å². The number of ketones is 1. The summed E-state index contributed by atoms with van der Waals surface area (Å²) in [7, 11) is 1.63. The molecule has 1 aliphatic heterocycles. The Hall–Kier alpha value is -2.62. The molecule has 0 saturated carbocycles. The van der Waals surface area contributed by atoms with Crippen molar-refractivity contribution in [2.75, 3.05) is 13.7 Å². The Morgan fingerprint density at radius 3 is 2.65 bits per heavy atom. The van der Waals surface area contributed by atoms with Gasteiger partial charge >= 0.3 is 0 Å². The molecule has 1 atom stereocenters. The van der Waals surface area contributed by atoms with Crippen molar-refractivity contribution in [3.8, 4) is 5.75 Å². The van der Waals surface area contributed by atoms with Crippen LogP contribution in [0.3, 0.4) is 0 Å². The van der Waals surface area contributed by atoms with Gasteiger partial charge in [0, 0.05) is 13.0 Å². The zero-order chi connectivity index (χ0) is 18.4. The predicted octanol–water partition coefficient (Wildman–Crippen LogP) is 3.95. The summed E-state index contributed by atoms with van der Waals surface area (Å²) in [5.41, 5.74) is 2.12.